The maximum absolute atomic E-state index is 14.5. The number of aliphatic hydroxyl groups excluding tert-OH is 1. The van der Waals surface area contributed by atoms with Crippen molar-refractivity contribution in [3.05, 3.63) is 53.6 Å². The van der Waals surface area contributed by atoms with Crippen molar-refractivity contribution in [3.63, 3.8) is 0 Å². The molecule has 4 heterocycles. The van der Waals surface area contributed by atoms with E-state index in [0.29, 0.717) is 32.5 Å². The summed E-state index contributed by atoms with van der Waals surface area (Å²) >= 11 is 0. The van der Waals surface area contributed by atoms with Gasteiger partial charge < -0.3 is 24.5 Å². The number of likely N-dealkylation sites (tertiary alicyclic amines) is 1. The number of carbonyl (C=O) groups excluding carboxylic acids is 3. The van der Waals surface area contributed by atoms with E-state index in [1.54, 1.807) is 21.7 Å². The van der Waals surface area contributed by atoms with E-state index < -0.39 is 29.1 Å². The van der Waals surface area contributed by atoms with Crippen molar-refractivity contribution < 1.29 is 24.2 Å². The van der Waals surface area contributed by atoms with Gasteiger partial charge in [-0.15, -0.1) is 0 Å². The van der Waals surface area contributed by atoms with Crippen LogP contribution in [0, 0.1) is 25.7 Å². The zero-order valence-electron chi connectivity index (χ0n) is 22.9. The highest BCUT2D eigenvalue weighted by Crippen LogP contribution is 2.57. The second-order valence-corrected chi connectivity index (χ2v) is 11.4. The second-order valence-electron chi connectivity index (χ2n) is 11.4. The third-order valence-corrected chi connectivity index (χ3v) is 8.72. The molecule has 8 heteroatoms. The molecule has 8 nitrogen and oxygen atoms in total. The molecule has 5 rings (SSSR count). The number of fused-ring (bicyclic) bond motifs is 2. The third-order valence-electron chi connectivity index (χ3n) is 8.72. The van der Waals surface area contributed by atoms with Crippen molar-refractivity contribution in [2.24, 2.45) is 11.8 Å². The van der Waals surface area contributed by atoms with Crippen molar-refractivity contribution in [2.45, 2.75) is 63.7 Å². The Kier molecular flexibility index (Phi) is 6.99. The van der Waals surface area contributed by atoms with Crippen LogP contribution in [0.3, 0.4) is 0 Å². The summed E-state index contributed by atoms with van der Waals surface area (Å²) in [5.41, 5.74) is 0.627. The summed E-state index contributed by atoms with van der Waals surface area (Å²) in [6, 6.07) is 5.17. The first-order chi connectivity index (χ1) is 18.1. The minimum absolute atomic E-state index is 0.132. The van der Waals surface area contributed by atoms with Crippen molar-refractivity contribution in [2.75, 3.05) is 38.2 Å². The third kappa shape index (κ3) is 4.09. The number of hydrogen-bond acceptors (Lipinski definition) is 5. The molecular formula is C30H39N3O5. The standard InChI is InChI=1S/C30H39N3O5/c1-20-11-12-21(2)22(19-20)32-17-10-14-30-24(23-26(35)31(4)15-9-13-29(23,3)38-30)27(36)33(25(30)28(32)37)16-7-5-6-8-18-34/h9-14,19,23-25,34H,5-8,15-18H2,1-4H3/t23-,24-,25?,29+,30-/m0/s1. The number of unbranched alkanes of at least 4 members (excludes halogenated alkanes) is 3. The molecule has 0 bridgehead atoms. The predicted octanol–water partition coefficient (Wildman–Crippen LogP) is 2.76. The predicted molar refractivity (Wildman–Crippen MR) is 144 cm³/mol. The Balaban J connectivity index is 1.59. The molecule has 1 spiro atoms. The number of aliphatic hydroxyl groups is 1. The SMILES string of the molecule is Cc1ccc(C)c(N2CC=C[C@]34O[C@]5(C)C=CCN(C)C(=O)[C@@H]5[C@H]3C(=O)N(CCCCCCO)C4C2=O)c1. The van der Waals surface area contributed by atoms with Crippen LogP contribution < -0.4 is 4.90 Å². The highest BCUT2D eigenvalue weighted by Gasteiger charge is 2.74. The molecular weight excluding hydrogens is 482 g/mol. The van der Waals surface area contributed by atoms with Gasteiger partial charge in [0.05, 0.1) is 17.4 Å². The lowest BCUT2D eigenvalue weighted by Crippen LogP contribution is -2.56. The van der Waals surface area contributed by atoms with Gasteiger partial charge in [-0.2, -0.15) is 0 Å². The molecule has 0 aliphatic carbocycles. The average molecular weight is 522 g/mol. The van der Waals surface area contributed by atoms with Crippen molar-refractivity contribution in [1.29, 1.82) is 0 Å². The highest BCUT2D eigenvalue weighted by atomic mass is 16.5. The van der Waals surface area contributed by atoms with Gasteiger partial charge in [-0.05, 0) is 50.8 Å². The van der Waals surface area contributed by atoms with Crippen LogP contribution in [0.15, 0.2) is 42.5 Å². The fourth-order valence-corrected chi connectivity index (χ4v) is 6.86. The Labute approximate surface area is 224 Å². The van der Waals surface area contributed by atoms with Crippen LogP contribution in [0.5, 0.6) is 0 Å². The van der Waals surface area contributed by atoms with E-state index in [1.807, 2.05) is 63.3 Å². The summed E-state index contributed by atoms with van der Waals surface area (Å²) in [5.74, 6) is -2.01. The lowest BCUT2D eigenvalue weighted by Gasteiger charge is -2.37. The maximum Gasteiger partial charge on any atom is 0.253 e. The van der Waals surface area contributed by atoms with Crippen LogP contribution in [0.2, 0.25) is 0 Å². The first kappa shape index (κ1) is 26.6. The molecule has 38 heavy (non-hydrogen) atoms. The molecule has 3 amide bonds. The largest absolute Gasteiger partial charge is 0.396 e. The minimum Gasteiger partial charge on any atom is -0.396 e. The number of aryl methyl sites for hydroxylation is 2. The second kappa shape index (κ2) is 9.97. The monoisotopic (exact) mass is 521 g/mol. The number of hydrogen-bond donors (Lipinski definition) is 1. The van der Waals surface area contributed by atoms with Gasteiger partial charge in [0.25, 0.3) is 5.91 Å². The van der Waals surface area contributed by atoms with Gasteiger partial charge >= 0.3 is 0 Å². The molecule has 0 aromatic heterocycles. The van der Waals surface area contributed by atoms with Gasteiger partial charge in [0.1, 0.15) is 11.6 Å². The average Bonchev–Trinajstić information content (AvgIpc) is 3.15. The van der Waals surface area contributed by atoms with Crippen LogP contribution in [0.1, 0.15) is 43.7 Å². The minimum atomic E-state index is -1.23. The number of carbonyl (C=O) groups is 3. The topological polar surface area (TPSA) is 90.4 Å². The molecule has 4 aliphatic heterocycles. The molecule has 204 valence electrons. The summed E-state index contributed by atoms with van der Waals surface area (Å²) < 4.78 is 6.84. The number of amides is 3. The molecule has 1 unspecified atom stereocenters. The van der Waals surface area contributed by atoms with Crippen molar-refractivity contribution in [1.82, 2.24) is 9.80 Å². The fourth-order valence-electron chi connectivity index (χ4n) is 6.86. The van der Waals surface area contributed by atoms with Crippen molar-refractivity contribution in [3.8, 4) is 0 Å². The normalized spacial score (nSPS) is 32.4. The van der Waals surface area contributed by atoms with Crippen LogP contribution in [-0.4, -0.2) is 83.2 Å². The van der Waals surface area contributed by atoms with Crippen LogP contribution in [0.25, 0.3) is 0 Å². The van der Waals surface area contributed by atoms with E-state index in [-0.39, 0.29) is 24.3 Å². The van der Waals surface area contributed by atoms with E-state index in [2.05, 4.69) is 0 Å². The summed E-state index contributed by atoms with van der Waals surface area (Å²) in [6.45, 7) is 7.21. The Morgan fingerprint density at radius 3 is 2.45 bits per heavy atom. The molecule has 4 aliphatic rings. The van der Waals surface area contributed by atoms with Crippen LogP contribution in [0.4, 0.5) is 5.69 Å². The van der Waals surface area contributed by atoms with E-state index in [4.69, 9.17) is 9.84 Å². The summed E-state index contributed by atoms with van der Waals surface area (Å²) in [5, 5.41) is 9.15. The number of ether oxygens (including phenoxy) is 1. The van der Waals surface area contributed by atoms with Gasteiger partial charge in [-0.1, -0.05) is 49.3 Å². The number of nitrogens with zero attached hydrogens (tertiary/aromatic N) is 3. The Bertz CT molecular complexity index is 1190. The van der Waals surface area contributed by atoms with Crippen LogP contribution >= 0.6 is 0 Å². The first-order valence-electron chi connectivity index (χ1n) is 13.7. The number of anilines is 1. The smallest absolute Gasteiger partial charge is 0.253 e. The van der Waals surface area contributed by atoms with E-state index in [1.165, 1.54) is 0 Å². The maximum atomic E-state index is 14.5. The zero-order valence-corrected chi connectivity index (χ0v) is 22.9. The van der Waals surface area contributed by atoms with Gasteiger partial charge in [0.15, 0.2) is 0 Å². The Morgan fingerprint density at radius 1 is 0.947 bits per heavy atom. The molecule has 5 atom stereocenters. The highest BCUT2D eigenvalue weighted by molar-refractivity contribution is 6.06. The molecule has 1 N–H and O–H groups in total. The lowest BCUT2D eigenvalue weighted by atomic mass is 9.74. The van der Waals surface area contributed by atoms with Gasteiger partial charge in [-0.3, -0.25) is 14.4 Å². The van der Waals surface area contributed by atoms with Crippen molar-refractivity contribution >= 4 is 23.4 Å². The van der Waals surface area contributed by atoms with Gasteiger partial charge in [0, 0.05) is 39.0 Å². The Hall–Kier alpha value is -2.97. The summed E-state index contributed by atoms with van der Waals surface area (Å²) in [6.07, 6.45) is 10.8. The van der Waals surface area contributed by atoms with Crippen LogP contribution in [-0.2, 0) is 19.1 Å². The quantitative estimate of drug-likeness (QED) is 0.440. The fraction of sp³-hybridized carbons (Fsp3) is 0.567. The van der Waals surface area contributed by atoms with E-state index in [0.717, 1.165) is 29.7 Å². The lowest BCUT2D eigenvalue weighted by molar-refractivity contribution is -0.148. The first-order valence-corrected chi connectivity index (χ1v) is 13.7. The molecule has 0 saturated carbocycles. The molecule has 2 saturated heterocycles. The molecule has 1 aromatic carbocycles. The number of benzene rings is 1. The Morgan fingerprint density at radius 2 is 1.68 bits per heavy atom. The van der Waals surface area contributed by atoms with Gasteiger partial charge in [-0.25, -0.2) is 0 Å². The zero-order chi connectivity index (χ0) is 27.2. The summed E-state index contributed by atoms with van der Waals surface area (Å²) in [4.78, 5) is 47.5. The molecule has 2 fully saturated rings. The molecule has 0 radical (unpaired) electrons. The van der Waals surface area contributed by atoms with E-state index >= 15 is 0 Å². The van der Waals surface area contributed by atoms with E-state index in [9.17, 15) is 14.4 Å². The molecule has 1 aromatic rings. The van der Waals surface area contributed by atoms with Gasteiger partial charge in [0.2, 0.25) is 11.8 Å². The summed E-state index contributed by atoms with van der Waals surface area (Å²) in [7, 11) is 1.75. The number of rotatable bonds is 7. The number of likely N-dealkylation sites (N-methyl/N-ethyl adjacent to an activating group) is 1.